The third-order valence-corrected chi connectivity index (χ3v) is 4.41. The first-order valence-corrected chi connectivity index (χ1v) is 8.75. The van der Waals surface area contributed by atoms with Crippen LogP contribution in [0.2, 0.25) is 0 Å². The molecule has 4 rings (SSSR count). The number of anilines is 1. The van der Waals surface area contributed by atoms with Crippen molar-refractivity contribution in [3.63, 3.8) is 0 Å². The lowest BCUT2D eigenvalue weighted by atomic mass is 9.93. The van der Waals surface area contributed by atoms with E-state index in [4.69, 9.17) is 8.83 Å². The summed E-state index contributed by atoms with van der Waals surface area (Å²) in [5.74, 6) is -1.24. The molecule has 148 valence electrons. The SMILES string of the molecule is CC(C)(NC(=O)c1cc2[nH]nc(NC(=O)c3ccco3)c2o1)c1ccccc1F. The van der Waals surface area contributed by atoms with Gasteiger partial charge in [-0.1, -0.05) is 18.2 Å². The number of rotatable bonds is 5. The second-order valence-corrected chi connectivity index (χ2v) is 6.92. The number of H-pyrrole nitrogens is 1. The molecule has 0 atom stereocenters. The van der Waals surface area contributed by atoms with E-state index < -0.39 is 23.2 Å². The van der Waals surface area contributed by atoms with Crippen molar-refractivity contribution < 1.29 is 22.8 Å². The fourth-order valence-electron chi connectivity index (χ4n) is 2.97. The number of nitrogens with zero attached hydrogens (tertiary/aromatic N) is 1. The Morgan fingerprint density at radius 2 is 1.90 bits per heavy atom. The molecule has 0 aliphatic carbocycles. The van der Waals surface area contributed by atoms with Gasteiger partial charge in [0.1, 0.15) is 11.3 Å². The van der Waals surface area contributed by atoms with Crippen LogP contribution in [0.3, 0.4) is 0 Å². The van der Waals surface area contributed by atoms with Crippen molar-refractivity contribution in [2.45, 2.75) is 19.4 Å². The van der Waals surface area contributed by atoms with Crippen molar-refractivity contribution in [2.75, 3.05) is 5.32 Å². The molecule has 0 radical (unpaired) electrons. The number of amides is 2. The molecule has 0 aliphatic rings. The molecule has 4 aromatic rings. The van der Waals surface area contributed by atoms with Crippen molar-refractivity contribution in [1.29, 1.82) is 0 Å². The fraction of sp³-hybridized carbons (Fsp3) is 0.150. The Labute approximate surface area is 164 Å². The second kappa shape index (κ2) is 6.93. The van der Waals surface area contributed by atoms with Crippen molar-refractivity contribution in [1.82, 2.24) is 15.5 Å². The van der Waals surface area contributed by atoms with E-state index in [-0.39, 0.29) is 22.9 Å². The molecular formula is C20H17FN4O4. The Balaban J connectivity index is 1.55. The van der Waals surface area contributed by atoms with Crippen molar-refractivity contribution >= 4 is 28.7 Å². The summed E-state index contributed by atoms with van der Waals surface area (Å²) in [5.41, 5.74) is 0.00298. The van der Waals surface area contributed by atoms with Gasteiger partial charge in [0.2, 0.25) is 0 Å². The van der Waals surface area contributed by atoms with E-state index in [1.54, 1.807) is 38.1 Å². The molecule has 0 unspecified atom stereocenters. The summed E-state index contributed by atoms with van der Waals surface area (Å²) in [6.45, 7) is 3.38. The van der Waals surface area contributed by atoms with Gasteiger partial charge in [-0.25, -0.2) is 4.39 Å². The number of nitrogens with one attached hydrogen (secondary N) is 3. The van der Waals surface area contributed by atoms with Crippen molar-refractivity contribution in [2.24, 2.45) is 0 Å². The molecule has 0 aliphatic heterocycles. The maximum absolute atomic E-state index is 14.1. The van der Waals surface area contributed by atoms with Gasteiger partial charge in [-0.05, 0) is 32.0 Å². The number of hydrogen-bond acceptors (Lipinski definition) is 5. The number of carbonyl (C=O) groups is 2. The lowest BCUT2D eigenvalue weighted by molar-refractivity contribution is 0.0884. The summed E-state index contributed by atoms with van der Waals surface area (Å²) in [6.07, 6.45) is 1.38. The number of furan rings is 2. The van der Waals surface area contributed by atoms with Gasteiger partial charge in [0, 0.05) is 11.6 Å². The zero-order valence-corrected chi connectivity index (χ0v) is 15.6. The lowest BCUT2D eigenvalue weighted by Crippen LogP contribution is -2.41. The zero-order chi connectivity index (χ0) is 20.6. The van der Waals surface area contributed by atoms with Gasteiger partial charge in [-0.3, -0.25) is 20.0 Å². The first kappa shape index (κ1) is 18.5. The maximum Gasteiger partial charge on any atom is 0.292 e. The largest absolute Gasteiger partial charge is 0.459 e. The normalized spacial score (nSPS) is 11.6. The number of carbonyl (C=O) groups excluding carboxylic acids is 2. The smallest absolute Gasteiger partial charge is 0.292 e. The van der Waals surface area contributed by atoms with Crippen LogP contribution in [-0.4, -0.2) is 22.0 Å². The van der Waals surface area contributed by atoms with Crippen LogP contribution in [0.4, 0.5) is 10.2 Å². The van der Waals surface area contributed by atoms with Gasteiger partial charge in [0.05, 0.1) is 11.8 Å². The predicted molar refractivity (Wildman–Crippen MR) is 102 cm³/mol. The summed E-state index contributed by atoms with van der Waals surface area (Å²) in [4.78, 5) is 24.8. The highest BCUT2D eigenvalue weighted by Gasteiger charge is 2.28. The molecule has 0 spiro atoms. The standard InChI is InChI=1S/C20H17FN4O4/c1-20(2,11-6-3-4-7-12(11)21)23-19(27)15-10-13-16(29-15)17(25-24-13)22-18(26)14-8-5-9-28-14/h3-10H,1-2H3,(H,23,27)(H2,22,24,25,26). The van der Waals surface area contributed by atoms with Crippen LogP contribution in [0.1, 0.15) is 40.5 Å². The quantitative estimate of drug-likeness (QED) is 0.475. The monoisotopic (exact) mass is 396 g/mol. The summed E-state index contributed by atoms with van der Waals surface area (Å²) < 4.78 is 24.7. The second-order valence-electron chi connectivity index (χ2n) is 6.92. The van der Waals surface area contributed by atoms with Crippen LogP contribution in [0.15, 0.2) is 57.6 Å². The third-order valence-electron chi connectivity index (χ3n) is 4.41. The van der Waals surface area contributed by atoms with Gasteiger partial charge < -0.3 is 14.2 Å². The molecule has 9 heteroatoms. The first-order chi connectivity index (χ1) is 13.8. The number of hydrogen-bond donors (Lipinski definition) is 3. The molecule has 0 fully saturated rings. The molecular weight excluding hydrogens is 379 g/mol. The van der Waals surface area contributed by atoms with Gasteiger partial charge in [0.25, 0.3) is 11.8 Å². The first-order valence-electron chi connectivity index (χ1n) is 8.75. The van der Waals surface area contributed by atoms with E-state index in [1.165, 1.54) is 24.5 Å². The highest BCUT2D eigenvalue weighted by Crippen LogP contribution is 2.27. The van der Waals surface area contributed by atoms with Gasteiger partial charge in [0.15, 0.2) is 22.9 Å². The third kappa shape index (κ3) is 3.49. The molecule has 0 bridgehead atoms. The van der Waals surface area contributed by atoms with E-state index in [0.717, 1.165) is 0 Å². The minimum Gasteiger partial charge on any atom is -0.459 e. The van der Waals surface area contributed by atoms with Crippen molar-refractivity contribution in [3.8, 4) is 0 Å². The average Bonchev–Trinajstić information content (AvgIpc) is 3.40. The lowest BCUT2D eigenvalue weighted by Gasteiger charge is -2.26. The minimum absolute atomic E-state index is 0.00781. The molecule has 3 aromatic heterocycles. The molecule has 0 saturated carbocycles. The van der Waals surface area contributed by atoms with E-state index in [2.05, 4.69) is 20.8 Å². The van der Waals surface area contributed by atoms with E-state index in [9.17, 15) is 14.0 Å². The maximum atomic E-state index is 14.1. The Morgan fingerprint density at radius 1 is 1.10 bits per heavy atom. The van der Waals surface area contributed by atoms with Crippen LogP contribution >= 0.6 is 0 Å². The van der Waals surface area contributed by atoms with E-state index in [0.29, 0.717) is 11.1 Å². The van der Waals surface area contributed by atoms with Crippen LogP contribution < -0.4 is 10.6 Å². The average molecular weight is 396 g/mol. The van der Waals surface area contributed by atoms with Crippen LogP contribution in [-0.2, 0) is 5.54 Å². The number of aromatic amines is 1. The Hall–Kier alpha value is -3.88. The molecule has 3 N–H and O–H groups in total. The number of benzene rings is 1. The predicted octanol–water partition coefficient (Wildman–Crippen LogP) is 3.81. The number of halogens is 1. The van der Waals surface area contributed by atoms with Gasteiger partial charge >= 0.3 is 0 Å². The Morgan fingerprint density at radius 3 is 2.62 bits per heavy atom. The van der Waals surface area contributed by atoms with Gasteiger partial charge in [-0.15, -0.1) is 0 Å². The summed E-state index contributed by atoms with van der Waals surface area (Å²) in [7, 11) is 0. The molecule has 1 aromatic carbocycles. The summed E-state index contributed by atoms with van der Waals surface area (Å²) in [5, 5.41) is 12.0. The number of fused-ring (bicyclic) bond motifs is 1. The highest BCUT2D eigenvalue weighted by atomic mass is 19.1. The van der Waals surface area contributed by atoms with Crippen LogP contribution in [0.5, 0.6) is 0 Å². The summed E-state index contributed by atoms with van der Waals surface area (Å²) >= 11 is 0. The number of aromatic nitrogens is 2. The zero-order valence-electron chi connectivity index (χ0n) is 15.6. The van der Waals surface area contributed by atoms with Crippen LogP contribution in [0.25, 0.3) is 11.1 Å². The fourth-order valence-corrected chi connectivity index (χ4v) is 2.97. The van der Waals surface area contributed by atoms with E-state index >= 15 is 0 Å². The molecule has 8 nitrogen and oxygen atoms in total. The van der Waals surface area contributed by atoms with Crippen LogP contribution in [0, 0.1) is 5.82 Å². The van der Waals surface area contributed by atoms with E-state index in [1.807, 2.05) is 0 Å². The summed E-state index contributed by atoms with van der Waals surface area (Å²) in [6, 6.07) is 10.8. The topological polar surface area (TPSA) is 113 Å². The Kier molecular flexibility index (Phi) is 4.42. The molecule has 2 amide bonds. The van der Waals surface area contributed by atoms with Gasteiger partial charge in [-0.2, -0.15) is 5.10 Å². The molecule has 3 heterocycles. The molecule has 0 saturated heterocycles. The van der Waals surface area contributed by atoms with Crippen molar-refractivity contribution in [3.05, 3.63) is 71.6 Å². The highest BCUT2D eigenvalue weighted by molar-refractivity contribution is 6.06. The molecule has 29 heavy (non-hydrogen) atoms. The Bertz CT molecular complexity index is 1190. The minimum atomic E-state index is -0.975.